The molecule has 2 aromatic rings. The molecule has 0 spiro atoms. The van der Waals surface area contributed by atoms with Crippen LogP contribution in [0.3, 0.4) is 0 Å². The Bertz CT molecular complexity index is 559. The van der Waals surface area contributed by atoms with Gasteiger partial charge >= 0.3 is 6.18 Å². The molecule has 0 fully saturated rings. The second-order valence-electron chi connectivity index (χ2n) is 4.21. The Morgan fingerprint density at radius 1 is 0.950 bits per heavy atom. The van der Waals surface area contributed by atoms with Crippen molar-refractivity contribution in [1.82, 2.24) is 0 Å². The lowest BCUT2D eigenvalue weighted by atomic mass is 10.1. The van der Waals surface area contributed by atoms with Gasteiger partial charge < -0.3 is 4.74 Å². The molecule has 0 N–H and O–H groups in total. The van der Waals surface area contributed by atoms with Gasteiger partial charge in [0, 0.05) is 0 Å². The maximum Gasteiger partial charge on any atom is 0.416 e. The molecular weight excluding hydrogens is 265 g/mol. The van der Waals surface area contributed by atoms with Gasteiger partial charge in [-0.2, -0.15) is 13.2 Å². The Morgan fingerprint density at radius 3 is 2.05 bits per heavy atom. The summed E-state index contributed by atoms with van der Waals surface area (Å²) in [5.41, 5.74) is 0.196. The predicted octanol–water partition coefficient (Wildman–Crippen LogP) is 5.01. The molecule has 0 bridgehead atoms. The predicted molar refractivity (Wildman–Crippen MR) is 71.5 cm³/mol. The normalized spacial score (nSPS) is 12.8. The van der Waals surface area contributed by atoms with Gasteiger partial charge in [-0.3, -0.25) is 0 Å². The molecule has 0 aliphatic rings. The van der Waals surface area contributed by atoms with Gasteiger partial charge in [-0.25, -0.2) is 0 Å². The lowest BCUT2D eigenvalue weighted by Crippen LogP contribution is -2.06. The molecule has 2 aromatic carbocycles. The summed E-state index contributed by atoms with van der Waals surface area (Å²) in [5, 5.41) is 0. The molecule has 0 amide bonds. The minimum Gasteiger partial charge on any atom is -0.482 e. The highest BCUT2D eigenvalue weighted by molar-refractivity contribution is 5.31. The van der Waals surface area contributed by atoms with E-state index < -0.39 is 17.8 Å². The molecule has 0 aliphatic carbocycles. The van der Waals surface area contributed by atoms with Crippen LogP contribution in [0.25, 0.3) is 0 Å². The number of rotatable bonds is 4. The van der Waals surface area contributed by atoms with E-state index in [1.165, 1.54) is 12.1 Å². The number of halogens is 3. The molecule has 0 radical (unpaired) electrons. The largest absolute Gasteiger partial charge is 0.482 e. The van der Waals surface area contributed by atoms with E-state index in [1.807, 2.05) is 30.3 Å². The van der Waals surface area contributed by atoms with Gasteiger partial charge in [-0.15, -0.1) is 0 Å². The SMILES string of the molecule is C=C[C@H](Oc1ccc(C(F)(F)F)cc1)c1ccccc1. The van der Waals surface area contributed by atoms with Crippen LogP contribution in [0.1, 0.15) is 17.2 Å². The summed E-state index contributed by atoms with van der Waals surface area (Å²) in [4.78, 5) is 0. The van der Waals surface area contributed by atoms with Crippen molar-refractivity contribution in [2.75, 3.05) is 0 Å². The first kappa shape index (κ1) is 14.2. The van der Waals surface area contributed by atoms with Crippen molar-refractivity contribution in [3.8, 4) is 5.75 Å². The van der Waals surface area contributed by atoms with Gasteiger partial charge in [0.2, 0.25) is 0 Å². The number of alkyl halides is 3. The first-order valence-electron chi connectivity index (χ1n) is 6.02. The van der Waals surface area contributed by atoms with Crippen molar-refractivity contribution in [2.45, 2.75) is 12.3 Å². The summed E-state index contributed by atoms with van der Waals surface area (Å²) in [6, 6.07) is 14.0. The van der Waals surface area contributed by atoms with Crippen LogP contribution in [0.15, 0.2) is 67.3 Å². The average molecular weight is 278 g/mol. The second kappa shape index (κ2) is 5.82. The van der Waals surface area contributed by atoms with E-state index >= 15 is 0 Å². The van der Waals surface area contributed by atoms with E-state index in [0.29, 0.717) is 5.75 Å². The van der Waals surface area contributed by atoms with Gasteiger partial charge in [0.15, 0.2) is 0 Å². The minimum atomic E-state index is -4.34. The number of ether oxygens (including phenoxy) is 1. The highest BCUT2D eigenvalue weighted by Crippen LogP contribution is 2.31. The van der Waals surface area contributed by atoms with Crippen LogP contribution in [-0.4, -0.2) is 0 Å². The maximum absolute atomic E-state index is 12.5. The zero-order chi connectivity index (χ0) is 14.6. The van der Waals surface area contributed by atoms with Gasteiger partial charge in [0.05, 0.1) is 5.56 Å². The van der Waals surface area contributed by atoms with Crippen molar-refractivity contribution in [2.24, 2.45) is 0 Å². The molecule has 20 heavy (non-hydrogen) atoms. The third kappa shape index (κ3) is 3.41. The molecule has 1 atom stereocenters. The van der Waals surface area contributed by atoms with Crippen molar-refractivity contribution < 1.29 is 17.9 Å². The summed E-state index contributed by atoms with van der Waals surface area (Å²) in [6.07, 6.45) is -3.13. The monoisotopic (exact) mass is 278 g/mol. The van der Waals surface area contributed by atoms with Crippen LogP contribution in [0.5, 0.6) is 5.75 Å². The van der Waals surface area contributed by atoms with E-state index in [9.17, 15) is 13.2 Å². The van der Waals surface area contributed by atoms with Crippen LogP contribution >= 0.6 is 0 Å². The summed E-state index contributed by atoms with van der Waals surface area (Å²) < 4.78 is 43.0. The zero-order valence-corrected chi connectivity index (χ0v) is 10.6. The van der Waals surface area contributed by atoms with E-state index in [1.54, 1.807) is 6.08 Å². The van der Waals surface area contributed by atoms with E-state index in [0.717, 1.165) is 17.7 Å². The van der Waals surface area contributed by atoms with Crippen LogP contribution < -0.4 is 4.74 Å². The lowest BCUT2D eigenvalue weighted by Gasteiger charge is -2.16. The summed E-state index contributed by atoms with van der Waals surface area (Å²) in [5.74, 6) is 0.367. The molecule has 0 aliphatic heterocycles. The maximum atomic E-state index is 12.5. The number of hydrogen-bond donors (Lipinski definition) is 0. The first-order chi connectivity index (χ1) is 9.50. The molecule has 0 saturated carbocycles. The Kier molecular flexibility index (Phi) is 4.13. The van der Waals surface area contributed by atoms with Gasteiger partial charge in [-0.1, -0.05) is 36.9 Å². The minimum absolute atomic E-state index is 0.367. The number of benzene rings is 2. The molecule has 0 unspecified atom stereocenters. The van der Waals surface area contributed by atoms with E-state index in [2.05, 4.69) is 6.58 Å². The molecule has 0 heterocycles. The first-order valence-corrected chi connectivity index (χ1v) is 6.02. The fourth-order valence-corrected chi connectivity index (χ4v) is 1.76. The van der Waals surface area contributed by atoms with Crippen molar-refractivity contribution in [1.29, 1.82) is 0 Å². The molecule has 0 aromatic heterocycles. The van der Waals surface area contributed by atoms with Crippen LogP contribution in [0.2, 0.25) is 0 Å². The van der Waals surface area contributed by atoms with Crippen LogP contribution in [0, 0.1) is 0 Å². The average Bonchev–Trinajstić information content (AvgIpc) is 2.45. The lowest BCUT2D eigenvalue weighted by molar-refractivity contribution is -0.137. The van der Waals surface area contributed by atoms with Crippen molar-refractivity contribution >= 4 is 0 Å². The fourth-order valence-electron chi connectivity index (χ4n) is 1.76. The summed E-state index contributed by atoms with van der Waals surface area (Å²) >= 11 is 0. The summed E-state index contributed by atoms with van der Waals surface area (Å²) in [6.45, 7) is 3.69. The van der Waals surface area contributed by atoms with Crippen LogP contribution in [-0.2, 0) is 6.18 Å². The van der Waals surface area contributed by atoms with Crippen LogP contribution in [0.4, 0.5) is 13.2 Å². The summed E-state index contributed by atoms with van der Waals surface area (Å²) in [7, 11) is 0. The molecular formula is C16H13F3O. The van der Waals surface area contributed by atoms with Gasteiger partial charge in [0.25, 0.3) is 0 Å². The third-order valence-electron chi connectivity index (χ3n) is 2.79. The Morgan fingerprint density at radius 2 is 1.55 bits per heavy atom. The third-order valence-corrected chi connectivity index (χ3v) is 2.79. The fraction of sp³-hybridized carbons (Fsp3) is 0.125. The van der Waals surface area contributed by atoms with E-state index in [-0.39, 0.29) is 0 Å². The molecule has 1 nitrogen and oxygen atoms in total. The Balaban J connectivity index is 2.15. The van der Waals surface area contributed by atoms with E-state index in [4.69, 9.17) is 4.74 Å². The topological polar surface area (TPSA) is 9.23 Å². The number of hydrogen-bond acceptors (Lipinski definition) is 1. The molecule has 104 valence electrons. The molecule has 2 rings (SSSR count). The molecule has 0 saturated heterocycles. The second-order valence-corrected chi connectivity index (χ2v) is 4.21. The molecule has 4 heteroatoms. The standard InChI is InChI=1S/C16H13F3O/c1-2-15(12-6-4-3-5-7-12)20-14-10-8-13(9-11-14)16(17,18)19/h2-11,15H,1H2/t15-/m0/s1. The van der Waals surface area contributed by atoms with Crippen molar-refractivity contribution in [3.63, 3.8) is 0 Å². The van der Waals surface area contributed by atoms with Gasteiger partial charge in [0.1, 0.15) is 11.9 Å². The Labute approximate surface area is 115 Å². The Hall–Kier alpha value is -2.23. The zero-order valence-electron chi connectivity index (χ0n) is 10.6. The van der Waals surface area contributed by atoms with Crippen molar-refractivity contribution in [3.05, 3.63) is 78.4 Å². The smallest absolute Gasteiger partial charge is 0.416 e. The van der Waals surface area contributed by atoms with Gasteiger partial charge in [-0.05, 0) is 35.9 Å². The quantitative estimate of drug-likeness (QED) is 0.714. The highest BCUT2D eigenvalue weighted by atomic mass is 19.4. The highest BCUT2D eigenvalue weighted by Gasteiger charge is 2.30.